The molecule has 2 heteroatoms. The van der Waals surface area contributed by atoms with Gasteiger partial charge in [-0.25, -0.2) is 4.99 Å². The lowest BCUT2D eigenvalue weighted by molar-refractivity contribution is 1.31. The highest BCUT2D eigenvalue weighted by Crippen LogP contribution is 2.37. The first-order valence-electron chi connectivity index (χ1n) is 4.71. The molecule has 0 atom stereocenters. The van der Waals surface area contributed by atoms with Crippen molar-refractivity contribution in [3.05, 3.63) is 47.7 Å². The fraction of sp³-hybridized carbons (Fsp3) is 0.0833. The van der Waals surface area contributed by atoms with Crippen molar-refractivity contribution >= 4 is 17.0 Å². The molecule has 2 nitrogen and oxygen atoms in total. The van der Waals surface area contributed by atoms with E-state index in [0.717, 1.165) is 23.5 Å². The number of hydrogen-bond acceptors (Lipinski definition) is 2. The Kier molecular flexibility index (Phi) is 1.39. The molecule has 3 rings (SSSR count). The van der Waals surface area contributed by atoms with E-state index >= 15 is 0 Å². The summed E-state index contributed by atoms with van der Waals surface area (Å²) in [5.41, 5.74) is 11.1. The predicted octanol–water partition coefficient (Wildman–Crippen LogP) is 2.40. The van der Waals surface area contributed by atoms with Crippen LogP contribution in [0.5, 0.6) is 0 Å². The summed E-state index contributed by atoms with van der Waals surface area (Å²) in [6.45, 7) is 0. The van der Waals surface area contributed by atoms with Crippen LogP contribution in [0.2, 0.25) is 0 Å². The number of para-hydroxylation sites is 1. The molecule has 1 aliphatic carbocycles. The van der Waals surface area contributed by atoms with Crippen molar-refractivity contribution in [2.75, 3.05) is 0 Å². The minimum atomic E-state index is 0.804. The van der Waals surface area contributed by atoms with Gasteiger partial charge in [0.05, 0.1) is 17.1 Å². The molecule has 0 radical (unpaired) electrons. The number of aliphatic imine (C=N–C) groups is 1. The summed E-state index contributed by atoms with van der Waals surface area (Å²) in [6, 6.07) is 8.15. The van der Waals surface area contributed by atoms with E-state index in [2.05, 4.69) is 17.1 Å². The summed E-state index contributed by atoms with van der Waals surface area (Å²) in [6.07, 6.45) is 5.10. The van der Waals surface area contributed by atoms with Crippen LogP contribution >= 0.6 is 0 Å². The number of nitrogens with zero attached hydrogens (tertiary/aromatic N) is 1. The second kappa shape index (κ2) is 2.58. The second-order valence-corrected chi connectivity index (χ2v) is 3.49. The molecule has 0 amide bonds. The summed E-state index contributed by atoms with van der Waals surface area (Å²) < 4.78 is 0. The first-order valence-corrected chi connectivity index (χ1v) is 4.71. The van der Waals surface area contributed by atoms with Crippen LogP contribution in [-0.4, -0.2) is 5.71 Å². The van der Waals surface area contributed by atoms with Gasteiger partial charge in [-0.05, 0) is 12.5 Å². The molecule has 14 heavy (non-hydrogen) atoms. The zero-order valence-electron chi connectivity index (χ0n) is 7.70. The molecule has 0 unspecified atom stereocenters. The third-order valence-electron chi connectivity index (χ3n) is 2.61. The Morgan fingerprint density at radius 3 is 2.93 bits per heavy atom. The molecule has 2 aliphatic rings. The maximum Gasteiger partial charge on any atom is 0.0939 e. The molecule has 0 saturated heterocycles. The smallest absolute Gasteiger partial charge is 0.0939 e. The van der Waals surface area contributed by atoms with E-state index in [1.54, 1.807) is 0 Å². The van der Waals surface area contributed by atoms with E-state index in [0.29, 0.717) is 0 Å². The number of benzene rings is 1. The molecule has 1 aromatic carbocycles. The van der Waals surface area contributed by atoms with Gasteiger partial charge in [-0.2, -0.15) is 0 Å². The van der Waals surface area contributed by atoms with Gasteiger partial charge >= 0.3 is 0 Å². The Morgan fingerprint density at radius 2 is 2.00 bits per heavy atom. The average Bonchev–Trinajstić information content (AvgIpc) is 2.59. The van der Waals surface area contributed by atoms with Gasteiger partial charge in [0.2, 0.25) is 0 Å². The van der Waals surface area contributed by atoms with Gasteiger partial charge in [0.15, 0.2) is 0 Å². The Bertz CT molecular complexity index is 493. The van der Waals surface area contributed by atoms with Gasteiger partial charge < -0.3 is 5.73 Å². The number of hydrogen-bond donors (Lipinski definition) is 1. The predicted molar refractivity (Wildman–Crippen MR) is 58.4 cm³/mol. The molecular formula is C12H10N2. The summed E-state index contributed by atoms with van der Waals surface area (Å²) in [5.74, 6) is 0. The van der Waals surface area contributed by atoms with Crippen LogP contribution in [-0.2, 0) is 0 Å². The van der Waals surface area contributed by atoms with Gasteiger partial charge in [0.25, 0.3) is 0 Å². The zero-order valence-corrected chi connectivity index (χ0v) is 7.70. The van der Waals surface area contributed by atoms with E-state index in [4.69, 9.17) is 5.73 Å². The average molecular weight is 182 g/mol. The van der Waals surface area contributed by atoms with Gasteiger partial charge in [-0.3, -0.25) is 0 Å². The van der Waals surface area contributed by atoms with Gasteiger partial charge in [-0.15, -0.1) is 0 Å². The highest BCUT2D eigenvalue weighted by atomic mass is 14.8. The fourth-order valence-electron chi connectivity index (χ4n) is 1.93. The molecule has 1 heterocycles. The largest absolute Gasteiger partial charge is 0.397 e. The Balaban J connectivity index is 2.24. The van der Waals surface area contributed by atoms with E-state index < -0.39 is 0 Å². The monoisotopic (exact) mass is 182 g/mol. The Hall–Kier alpha value is -1.83. The van der Waals surface area contributed by atoms with Gasteiger partial charge in [0.1, 0.15) is 0 Å². The van der Waals surface area contributed by atoms with Crippen molar-refractivity contribution in [3.8, 4) is 0 Å². The Morgan fingerprint density at radius 1 is 1.14 bits per heavy atom. The maximum absolute atomic E-state index is 5.89. The lowest BCUT2D eigenvalue weighted by atomic mass is 9.96. The van der Waals surface area contributed by atoms with E-state index in [9.17, 15) is 0 Å². The summed E-state index contributed by atoms with van der Waals surface area (Å²) in [7, 11) is 0. The van der Waals surface area contributed by atoms with E-state index in [1.807, 2.05) is 24.3 Å². The van der Waals surface area contributed by atoms with E-state index in [-0.39, 0.29) is 0 Å². The van der Waals surface area contributed by atoms with Crippen LogP contribution in [0, 0.1) is 0 Å². The van der Waals surface area contributed by atoms with Crippen molar-refractivity contribution in [3.63, 3.8) is 0 Å². The number of allylic oxidation sites excluding steroid dienone is 3. The first-order chi connectivity index (χ1) is 6.86. The van der Waals surface area contributed by atoms with Crippen LogP contribution in [0.25, 0.3) is 5.57 Å². The second-order valence-electron chi connectivity index (χ2n) is 3.49. The molecule has 0 bridgehead atoms. The van der Waals surface area contributed by atoms with Crippen LogP contribution in [0.4, 0.5) is 5.69 Å². The third-order valence-corrected chi connectivity index (χ3v) is 2.61. The van der Waals surface area contributed by atoms with Crippen molar-refractivity contribution in [2.24, 2.45) is 10.7 Å². The van der Waals surface area contributed by atoms with E-state index in [1.165, 1.54) is 11.1 Å². The number of rotatable bonds is 0. The summed E-state index contributed by atoms with van der Waals surface area (Å²) in [5, 5.41) is 0. The topological polar surface area (TPSA) is 38.4 Å². The standard InChI is InChI=1S/C12H10N2/c13-10-6-3-5-9-8-4-1-2-7-11(8)14-12(9)10/h1-2,4-7H,3,13H2. The van der Waals surface area contributed by atoms with Crippen molar-refractivity contribution < 1.29 is 0 Å². The Labute approximate surface area is 82.5 Å². The van der Waals surface area contributed by atoms with Crippen molar-refractivity contribution in [1.29, 1.82) is 0 Å². The number of fused-ring (bicyclic) bond motifs is 3. The molecule has 0 fully saturated rings. The van der Waals surface area contributed by atoms with Crippen LogP contribution in [0.3, 0.4) is 0 Å². The summed E-state index contributed by atoms with van der Waals surface area (Å²) >= 11 is 0. The van der Waals surface area contributed by atoms with Gasteiger partial charge in [-0.1, -0.05) is 30.4 Å². The minimum absolute atomic E-state index is 0.804. The first kappa shape index (κ1) is 7.56. The lowest BCUT2D eigenvalue weighted by Crippen LogP contribution is -2.13. The van der Waals surface area contributed by atoms with Crippen LogP contribution in [0.1, 0.15) is 12.0 Å². The fourth-order valence-corrected chi connectivity index (χ4v) is 1.93. The van der Waals surface area contributed by atoms with Crippen LogP contribution < -0.4 is 5.73 Å². The molecule has 68 valence electrons. The minimum Gasteiger partial charge on any atom is -0.397 e. The SMILES string of the molecule is NC1=CCC=C2C1=Nc1ccccc12. The van der Waals surface area contributed by atoms with Crippen molar-refractivity contribution in [2.45, 2.75) is 6.42 Å². The van der Waals surface area contributed by atoms with Crippen LogP contribution in [0.15, 0.2) is 47.1 Å². The third kappa shape index (κ3) is 0.880. The lowest BCUT2D eigenvalue weighted by Gasteiger charge is -2.09. The summed E-state index contributed by atoms with van der Waals surface area (Å²) in [4.78, 5) is 4.51. The number of nitrogens with two attached hydrogens (primary N) is 1. The molecule has 1 aliphatic heterocycles. The zero-order chi connectivity index (χ0) is 9.54. The molecular weight excluding hydrogens is 172 g/mol. The van der Waals surface area contributed by atoms with Gasteiger partial charge in [0, 0.05) is 11.1 Å². The highest BCUT2D eigenvalue weighted by molar-refractivity contribution is 6.36. The molecule has 1 aromatic rings. The molecule has 0 saturated carbocycles. The normalized spacial score (nSPS) is 17.9. The molecule has 0 spiro atoms. The maximum atomic E-state index is 5.89. The quantitative estimate of drug-likeness (QED) is 0.657. The van der Waals surface area contributed by atoms with Crippen molar-refractivity contribution in [1.82, 2.24) is 0 Å². The molecule has 2 N–H and O–H groups in total. The molecule has 0 aromatic heterocycles. The highest BCUT2D eigenvalue weighted by Gasteiger charge is 2.23.